The van der Waals surface area contributed by atoms with E-state index in [0.29, 0.717) is 12.1 Å². The molecule has 17 heavy (non-hydrogen) atoms. The first kappa shape index (κ1) is 12.2. The van der Waals surface area contributed by atoms with Gasteiger partial charge in [0.15, 0.2) is 0 Å². The number of hydrogen-bond donors (Lipinski definition) is 1. The van der Waals surface area contributed by atoms with E-state index in [1.807, 2.05) is 25.3 Å². The Morgan fingerprint density at radius 3 is 2.65 bits per heavy atom. The molecule has 1 atom stereocenters. The predicted octanol–water partition coefficient (Wildman–Crippen LogP) is 3.24. The third-order valence-corrected chi connectivity index (χ3v) is 4.07. The summed E-state index contributed by atoms with van der Waals surface area (Å²) >= 11 is 1.50. The molecule has 1 N–H and O–H groups in total. The molecule has 0 saturated carbocycles. The summed E-state index contributed by atoms with van der Waals surface area (Å²) in [7, 11) is 0. The summed E-state index contributed by atoms with van der Waals surface area (Å²) in [5.74, 6) is -0.393. The van der Waals surface area contributed by atoms with Crippen LogP contribution in [-0.2, 0) is 5.60 Å². The van der Waals surface area contributed by atoms with Crippen LogP contribution in [0.4, 0.5) is 4.39 Å². The van der Waals surface area contributed by atoms with Crippen LogP contribution < -0.4 is 0 Å². The van der Waals surface area contributed by atoms with Gasteiger partial charge in [0.25, 0.3) is 0 Å². The first-order chi connectivity index (χ1) is 8.08. The van der Waals surface area contributed by atoms with Gasteiger partial charge in [0.2, 0.25) is 0 Å². The van der Waals surface area contributed by atoms with Gasteiger partial charge in [0.05, 0.1) is 11.9 Å². The van der Waals surface area contributed by atoms with Gasteiger partial charge in [0.1, 0.15) is 11.4 Å². The number of aromatic nitrogens is 1. The summed E-state index contributed by atoms with van der Waals surface area (Å²) in [5, 5.41) is 12.7. The number of thiophene rings is 1. The van der Waals surface area contributed by atoms with Crippen LogP contribution >= 0.6 is 11.3 Å². The second-order valence-electron chi connectivity index (χ2n) is 4.01. The lowest BCUT2D eigenvalue weighted by Crippen LogP contribution is -2.27. The van der Waals surface area contributed by atoms with Crippen LogP contribution in [0.5, 0.6) is 0 Å². The maximum atomic E-state index is 12.9. The van der Waals surface area contributed by atoms with Crippen molar-refractivity contribution in [1.29, 1.82) is 0 Å². The highest BCUT2D eigenvalue weighted by atomic mass is 32.1. The SMILES string of the molecule is CCC(O)(c1ccc(F)cn1)c1sccc1C. The van der Waals surface area contributed by atoms with Crippen LogP contribution in [0.15, 0.2) is 29.8 Å². The van der Waals surface area contributed by atoms with E-state index >= 15 is 0 Å². The number of aryl methyl sites for hydroxylation is 1. The Balaban J connectivity index is 2.51. The lowest BCUT2D eigenvalue weighted by molar-refractivity contribution is 0.0750. The van der Waals surface area contributed by atoms with E-state index in [1.54, 1.807) is 0 Å². The second kappa shape index (κ2) is 4.55. The summed E-state index contributed by atoms with van der Waals surface area (Å²) in [6.07, 6.45) is 1.64. The third kappa shape index (κ3) is 2.10. The molecule has 4 heteroatoms. The van der Waals surface area contributed by atoms with E-state index in [4.69, 9.17) is 0 Å². The average Bonchev–Trinajstić information content (AvgIpc) is 2.76. The highest BCUT2D eigenvalue weighted by Crippen LogP contribution is 2.36. The zero-order chi connectivity index (χ0) is 12.5. The zero-order valence-electron chi connectivity index (χ0n) is 9.77. The molecule has 0 aliphatic rings. The highest BCUT2D eigenvalue weighted by molar-refractivity contribution is 7.10. The van der Waals surface area contributed by atoms with Gasteiger partial charge < -0.3 is 5.11 Å². The summed E-state index contributed by atoms with van der Waals surface area (Å²) in [4.78, 5) is 4.87. The first-order valence-corrected chi connectivity index (χ1v) is 6.35. The molecule has 0 bridgehead atoms. The number of nitrogens with zero attached hydrogens (tertiary/aromatic N) is 1. The summed E-state index contributed by atoms with van der Waals surface area (Å²) in [5.41, 5.74) is 0.406. The number of hydrogen-bond acceptors (Lipinski definition) is 3. The Labute approximate surface area is 104 Å². The quantitative estimate of drug-likeness (QED) is 0.908. The molecule has 2 heterocycles. The van der Waals surface area contributed by atoms with Crippen molar-refractivity contribution in [3.63, 3.8) is 0 Å². The van der Waals surface area contributed by atoms with E-state index in [2.05, 4.69) is 4.98 Å². The number of aliphatic hydroxyl groups is 1. The Bertz CT molecular complexity index is 508. The molecular weight excluding hydrogens is 237 g/mol. The van der Waals surface area contributed by atoms with Crippen molar-refractivity contribution in [3.8, 4) is 0 Å². The highest BCUT2D eigenvalue weighted by Gasteiger charge is 2.33. The van der Waals surface area contributed by atoms with Gasteiger partial charge >= 0.3 is 0 Å². The van der Waals surface area contributed by atoms with Crippen molar-refractivity contribution in [2.24, 2.45) is 0 Å². The maximum absolute atomic E-state index is 12.9. The van der Waals surface area contributed by atoms with Gasteiger partial charge in [-0.15, -0.1) is 11.3 Å². The molecule has 0 spiro atoms. The molecule has 0 saturated heterocycles. The largest absolute Gasteiger partial charge is 0.378 e. The number of rotatable bonds is 3. The topological polar surface area (TPSA) is 33.1 Å². The molecule has 90 valence electrons. The summed E-state index contributed by atoms with van der Waals surface area (Å²) in [6, 6.07) is 4.83. The minimum atomic E-state index is -1.12. The molecule has 2 nitrogen and oxygen atoms in total. The Morgan fingerprint density at radius 2 is 2.18 bits per heavy atom. The monoisotopic (exact) mass is 251 g/mol. The fourth-order valence-electron chi connectivity index (χ4n) is 1.87. The van der Waals surface area contributed by atoms with Crippen LogP contribution in [0.3, 0.4) is 0 Å². The summed E-state index contributed by atoms with van der Waals surface area (Å²) < 4.78 is 12.9. The Hall–Kier alpha value is -1.26. The van der Waals surface area contributed by atoms with Gasteiger partial charge in [-0.2, -0.15) is 0 Å². The molecule has 0 aliphatic carbocycles. The molecule has 2 aromatic rings. The molecule has 0 aliphatic heterocycles. The van der Waals surface area contributed by atoms with Crippen LogP contribution in [-0.4, -0.2) is 10.1 Å². The lowest BCUT2D eigenvalue weighted by atomic mass is 9.92. The summed E-state index contributed by atoms with van der Waals surface area (Å²) in [6.45, 7) is 3.85. The fourth-order valence-corrected chi connectivity index (χ4v) is 2.98. The second-order valence-corrected chi connectivity index (χ2v) is 4.92. The van der Waals surface area contributed by atoms with Crippen LogP contribution in [0, 0.1) is 12.7 Å². The van der Waals surface area contributed by atoms with Crippen LogP contribution in [0.1, 0.15) is 29.5 Å². The smallest absolute Gasteiger partial charge is 0.141 e. The Morgan fingerprint density at radius 1 is 1.41 bits per heavy atom. The van der Waals surface area contributed by atoms with E-state index in [1.165, 1.54) is 23.5 Å². The van der Waals surface area contributed by atoms with E-state index < -0.39 is 11.4 Å². The molecular formula is C13H14FNOS. The van der Waals surface area contributed by atoms with E-state index in [0.717, 1.165) is 16.6 Å². The van der Waals surface area contributed by atoms with Crippen molar-refractivity contribution < 1.29 is 9.50 Å². The molecule has 1 unspecified atom stereocenters. The van der Waals surface area contributed by atoms with Gasteiger partial charge in [-0.25, -0.2) is 4.39 Å². The minimum Gasteiger partial charge on any atom is -0.378 e. The van der Waals surface area contributed by atoms with Crippen molar-refractivity contribution in [2.75, 3.05) is 0 Å². The standard InChI is InChI=1S/C13H14FNOS/c1-3-13(16,12-9(2)6-7-17-12)11-5-4-10(14)8-15-11/h4-8,16H,3H2,1-2H3. The van der Waals surface area contributed by atoms with Crippen molar-refractivity contribution >= 4 is 11.3 Å². The number of pyridine rings is 1. The molecule has 0 fully saturated rings. The third-order valence-electron chi connectivity index (χ3n) is 2.90. The minimum absolute atomic E-state index is 0.393. The van der Waals surface area contributed by atoms with Gasteiger partial charge in [-0.1, -0.05) is 6.92 Å². The zero-order valence-corrected chi connectivity index (χ0v) is 10.6. The first-order valence-electron chi connectivity index (χ1n) is 5.47. The van der Waals surface area contributed by atoms with Gasteiger partial charge in [-0.3, -0.25) is 4.98 Å². The molecule has 0 amide bonds. The predicted molar refractivity (Wildman–Crippen MR) is 66.5 cm³/mol. The molecule has 0 aromatic carbocycles. The average molecular weight is 251 g/mol. The maximum Gasteiger partial charge on any atom is 0.141 e. The van der Waals surface area contributed by atoms with Gasteiger partial charge in [-0.05, 0) is 42.5 Å². The van der Waals surface area contributed by atoms with Gasteiger partial charge in [0, 0.05) is 4.88 Å². The normalized spacial score (nSPS) is 14.6. The van der Waals surface area contributed by atoms with E-state index in [9.17, 15) is 9.50 Å². The van der Waals surface area contributed by atoms with Crippen LogP contribution in [0.25, 0.3) is 0 Å². The van der Waals surface area contributed by atoms with Crippen LogP contribution in [0.2, 0.25) is 0 Å². The molecule has 2 aromatic heterocycles. The van der Waals surface area contributed by atoms with E-state index in [-0.39, 0.29) is 0 Å². The fraction of sp³-hybridized carbons (Fsp3) is 0.308. The Kier molecular flexibility index (Phi) is 3.26. The van der Waals surface area contributed by atoms with Crippen molar-refractivity contribution in [1.82, 2.24) is 4.98 Å². The number of halogens is 1. The van der Waals surface area contributed by atoms with Crippen molar-refractivity contribution in [2.45, 2.75) is 25.9 Å². The van der Waals surface area contributed by atoms with Crippen molar-refractivity contribution in [3.05, 3.63) is 51.7 Å². The lowest BCUT2D eigenvalue weighted by Gasteiger charge is -2.26. The molecule has 0 radical (unpaired) electrons. The molecule has 2 rings (SSSR count).